The van der Waals surface area contributed by atoms with E-state index in [-0.39, 0.29) is 23.8 Å². The van der Waals surface area contributed by atoms with E-state index in [1.807, 2.05) is 13.8 Å². The molecule has 0 heterocycles. The summed E-state index contributed by atoms with van der Waals surface area (Å²) in [6.45, 7) is 4.02. The van der Waals surface area contributed by atoms with Crippen molar-refractivity contribution in [2.24, 2.45) is 0 Å². The molecule has 3 rings (SSSR count). The van der Waals surface area contributed by atoms with Crippen molar-refractivity contribution in [1.82, 2.24) is 0 Å². The summed E-state index contributed by atoms with van der Waals surface area (Å²) < 4.78 is 94.1. The fourth-order valence-corrected chi connectivity index (χ4v) is 4.15. The van der Waals surface area contributed by atoms with Crippen LogP contribution in [0.15, 0.2) is 42.5 Å². The lowest BCUT2D eigenvalue weighted by atomic mass is 9.96. The number of unbranched alkanes of at least 4 members (excludes halogenated alkanes) is 4. The number of hydrogen-bond acceptors (Lipinski definition) is 2. The Morgan fingerprint density at radius 1 is 0.757 bits per heavy atom. The van der Waals surface area contributed by atoms with Crippen molar-refractivity contribution >= 4 is 0 Å². The molecule has 0 spiro atoms. The molecule has 0 bridgehead atoms. The third-order valence-corrected chi connectivity index (χ3v) is 6.21. The second-order valence-corrected chi connectivity index (χ2v) is 9.02. The van der Waals surface area contributed by atoms with Gasteiger partial charge in [-0.25, -0.2) is 17.6 Å². The van der Waals surface area contributed by atoms with Crippen LogP contribution in [0.2, 0.25) is 0 Å². The minimum Gasteiger partial charge on any atom is -0.507 e. The minimum atomic E-state index is -4.52. The van der Waals surface area contributed by atoms with Gasteiger partial charge in [0, 0.05) is 11.6 Å². The molecule has 0 saturated heterocycles. The first-order valence-corrected chi connectivity index (χ1v) is 12.4. The second kappa shape index (κ2) is 12.4. The molecule has 0 aliphatic heterocycles. The molecule has 2 nitrogen and oxygen atoms in total. The number of hydrogen-bond donors (Lipinski definition) is 1. The summed E-state index contributed by atoms with van der Waals surface area (Å²) >= 11 is 0. The van der Waals surface area contributed by atoms with Gasteiger partial charge in [0.15, 0.2) is 17.5 Å². The summed E-state index contributed by atoms with van der Waals surface area (Å²) in [4.78, 5) is 0. The van der Waals surface area contributed by atoms with Gasteiger partial charge in [-0.3, -0.25) is 0 Å². The summed E-state index contributed by atoms with van der Waals surface area (Å²) in [5.74, 6) is -8.03. The van der Waals surface area contributed by atoms with Crippen molar-refractivity contribution in [2.75, 3.05) is 0 Å². The maximum atomic E-state index is 15.3. The Bertz CT molecular complexity index is 1210. The highest BCUT2D eigenvalue weighted by Crippen LogP contribution is 2.43. The minimum absolute atomic E-state index is 0.0376. The number of phenols is 1. The Kier molecular flexibility index (Phi) is 9.51. The molecule has 200 valence electrons. The first kappa shape index (κ1) is 28.4. The summed E-state index contributed by atoms with van der Waals surface area (Å²) in [6, 6.07) is 8.07. The quantitative estimate of drug-likeness (QED) is 0.189. The zero-order valence-electron chi connectivity index (χ0n) is 20.8. The van der Waals surface area contributed by atoms with Crippen molar-refractivity contribution in [2.45, 2.75) is 71.3 Å². The van der Waals surface area contributed by atoms with Crippen LogP contribution < -0.4 is 4.74 Å². The summed E-state index contributed by atoms with van der Waals surface area (Å²) in [5.41, 5.74) is -2.78. The molecule has 0 saturated carbocycles. The summed E-state index contributed by atoms with van der Waals surface area (Å²) in [7, 11) is 0. The van der Waals surface area contributed by atoms with Crippen molar-refractivity contribution < 1.29 is 36.2 Å². The third kappa shape index (κ3) is 6.59. The maximum Gasteiger partial charge on any atom is 0.432 e. The van der Waals surface area contributed by atoms with Gasteiger partial charge in [-0.1, -0.05) is 63.8 Å². The van der Waals surface area contributed by atoms with Crippen LogP contribution >= 0.6 is 0 Å². The van der Waals surface area contributed by atoms with Gasteiger partial charge in [0.2, 0.25) is 0 Å². The average molecular weight is 525 g/mol. The van der Waals surface area contributed by atoms with Crippen LogP contribution in [0.25, 0.3) is 11.1 Å². The lowest BCUT2D eigenvalue weighted by molar-refractivity contribution is -0.189. The topological polar surface area (TPSA) is 29.5 Å². The standard InChI is InChI=1S/C29H30F6O2/c1-3-5-7-8-10-19-13-16-21(27(32)26(19)31)24-23(36)17-22(30)25(28(24)33)29(34,35)37-20-14-11-18(12-15-20)9-6-4-2/h11-17,36H,3-10H2,1-2H3. The molecule has 37 heavy (non-hydrogen) atoms. The fourth-order valence-electron chi connectivity index (χ4n) is 4.15. The van der Waals surface area contributed by atoms with Gasteiger partial charge in [-0.05, 0) is 48.9 Å². The molecule has 0 fully saturated rings. The molecule has 3 aromatic rings. The van der Waals surface area contributed by atoms with E-state index in [2.05, 4.69) is 4.74 Å². The number of benzene rings is 3. The van der Waals surface area contributed by atoms with Gasteiger partial charge < -0.3 is 9.84 Å². The SMILES string of the molecule is CCCCCCc1ccc(-c2c(O)cc(F)c(C(F)(F)Oc3ccc(CCCC)cc3)c2F)c(F)c1F. The summed E-state index contributed by atoms with van der Waals surface area (Å²) in [6.07, 6.45) is 1.60. The van der Waals surface area contributed by atoms with Crippen LogP contribution in [0.5, 0.6) is 11.5 Å². The number of alkyl halides is 2. The van der Waals surface area contributed by atoms with Crippen LogP contribution in [-0.4, -0.2) is 5.11 Å². The Balaban J connectivity index is 1.95. The predicted molar refractivity (Wildman–Crippen MR) is 131 cm³/mol. The van der Waals surface area contributed by atoms with Crippen molar-refractivity contribution in [1.29, 1.82) is 0 Å². The molecular weight excluding hydrogens is 494 g/mol. The van der Waals surface area contributed by atoms with E-state index >= 15 is 4.39 Å². The highest BCUT2D eigenvalue weighted by Gasteiger charge is 2.43. The molecule has 0 aliphatic rings. The van der Waals surface area contributed by atoms with Crippen LogP contribution in [0.1, 0.15) is 69.1 Å². The Morgan fingerprint density at radius 2 is 1.43 bits per heavy atom. The van der Waals surface area contributed by atoms with E-state index in [9.17, 15) is 27.1 Å². The zero-order valence-corrected chi connectivity index (χ0v) is 20.8. The van der Waals surface area contributed by atoms with Crippen molar-refractivity contribution in [3.63, 3.8) is 0 Å². The predicted octanol–water partition coefficient (Wildman–Crippen LogP) is 9.21. The van der Waals surface area contributed by atoms with Crippen LogP contribution in [0, 0.1) is 23.3 Å². The molecule has 0 radical (unpaired) electrons. The van der Waals surface area contributed by atoms with Crippen LogP contribution in [0.4, 0.5) is 26.3 Å². The molecule has 0 aliphatic carbocycles. The van der Waals surface area contributed by atoms with E-state index in [1.165, 1.54) is 18.2 Å². The largest absolute Gasteiger partial charge is 0.507 e. The molecule has 3 aromatic carbocycles. The fraction of sp³-hybridized carbons (Fsp3) is 0.379. The van der Waals surface area contributed by atoms with Gasteiger partial charge in [0.1, 0.15) is 22.9 Å². The first-order chi connectivity index (χ1) is 17.6. The highest BCUT2D eigenvalue weighted by atomic mass is 19.3. The molecule has 0 aromatic heterocycles. The van der Waals surface area contributed by atoms with Gasteiger partial charge in [-0.15, -0.1) is 0 Å². The molecule has 1 N–H and O–H groups in total. The van der Waals surface area contributed by atoms with E-state index in [4.69, 9.17) is 0 Å². The molecule has 0 amide bonds. The number of phenolic OH excluding ortho intramolecular Hbond substituents is 1. The zero-order chi connectivity index (χ0) is 27.2. The van der Waals surface area contributed by atoms with Crippen LogP contribution in [0.3, 0.4) is 0 Å². The molecule has 8 heteroatoms. The Labute approximate surface area is 212 Å². The van der Waals surface area contributed by atoms with Crippen LogP contribution in [-0.2, 0) is 19.0 Å². The Hall–Kier alpha value is -3.16. The Morgan fingerprint density at radius 3 is 2.08 bits per heavy atom. The highest BCUT2D eigenvalue weighted by molar-refractivity contribution is 5.73. The van der Waals surface area contributed by atoms with Gasteiger partial charge in [0.05, 0.1) is 5.56 Å². The smallest absolute Gasteiger partial charge is 0.432 e. The third-order valence-electron chi connectivity index (χ3n) is 6.21. The van der Waals surface area contributed by atoms with E-state index < -0.39 is 51.8 Å². The maximum absolute atomic E-state index is 15.3. The number of rotatable bonds is 12. The second-order valence-electron chi connectivity index (χ2n) is 9.02. The van der Waals surface area contributed by atoms with E-state index in [0.717, 1.165) is 50.2 Å². The van der Waals surface area contributed by atoms with Gasteiger partial charge in [-0.2, -0.15) is 8.78 Å². The normalized spacial score (nSPS) is 11.7. The summed E-state index contributed by atoms with van der Waals surface area (Å²) in [5, 5.41) is 10.1. The van der Waals surface area contributed by atoms with Crippen molar-refractivity contribution in [3.8, 4) is 22.6 Å². The lowest BCUT2D eigenvalue weighted by Gasteiger charge is -2.21. The van der Waals surface area contributed by atoms with E-state index in [1.54, 1.807) is 12.1 Å². The molecular formula is C29H30F6O2. The monoisotopic (exact) mass is 524 g/mol. The van der Waals surface area contributed by atoms with Crippen molar-refractivity contribution in [3.05, 3.63) is 82.4 Å². The lowest BCUT2D eigenvalue weighted by Crippen LogP contribution is -2.25. The molecule has 0 atom stereocenters. The number of halogens is 6. The van der Waals surface area contributed by atoms with E-state index in [0.29, 0.717) is 6.42 Å². The van der Waals surface area contributed by atoms with Gasteiger partial charge in [0.25, 0.3) is 0 Å². The first-order valence-electron chi connectivity index (χ1n) is 12.4. The number of aryl methyl sites for hydroxylation is 2. The number of aromatic hydroxyl groups is 1. The average Bonchev–Trinajstić information content (AvgIpc) is 2.84. The van der Waals surface area contributed by atoms with Gasteiger partial charge >= 0.3 is 6.11 Å². The number of ether oxygens (including phenoxy) is 1. The molecule has 0 unspecified atom stereocenters.